The zero-order valence-electron chi connectivity index (χ0n) is 7.69. The molecule has 0 spiro atoms. The van der Waals surface area contributed by atoms with Crippen molar-refractivity contribution in [2.24, 2.45) is 0 Å². The van der Waals surface area contributed by atoms with E-state index in [9.17, 15) is 4.39 Å². The Morgan fingerprint density at radius 3 is 2.67 bits per heavy atom. The molecule has 0 saturated carbocycles. The van der Waals surface area contributed by atoms with Crippen molar-refractivity contribution in [3.8, 4) is 0 Å². The van der Waals surface area contributed by atoms with E-state index in [1.165, 1.54) is 24.3 Å². The Kier molecular flexibility index (Phi) is 0.884. The summed E-state index contributed by atoms with van der Waals surface area (Å²) in [6.07, 6.45) is 0. The van der Waals surface area contributed by atoms with Gasteiger partial charge in [-0.05, 0) is 24.3 Å². The van der Waals surface area contributed by atoms with Gasteiger partial charge in [0.1, 0.15) is 5.82 Å². The molecule has 0 fully saturated rings. The van der Waals surface area contributed by atoms with Gasteiger partial charge in [-0.1, -0.05) is 0 Å². The lowest BCUT2D eigenvalue weighted by Gasteiger charge is -1.95. The first-order valence-electron chi connectivity index (χ1n) is 4.01. The van der Waals surface area contributed by atoms with Crippen molar-refractivity contribution in [1.29, 1.82) is 0 Å². The zero-order valence-corrected chi connectivity index (χ0v) is 4.69. The first kappa shape index (κ1) is 3.20. The Balaban J connectivity index is 2.71. The van der Waals surface area contributed by atoms with Gasteiger partial charge in [-0.2, -0.15) is 0 Å². The quantitative estimate of drug-likeness (QED) is 0.608. The molecule has 0 unspecified atom stereocenters. The second kappa shape index (κ2) is 2.49. The van der Waals surface area contributed by atoms with Crippen LogP contribution < -0.4 is 5.32 Å². The summed E-state index contributed by atoms with van der Waals surface area (Å²) in [6, 6.07) is 5.16. The molecule has 0 aliphatic heterocycles. The number of anilines is 1. The van der Waals surface area contributed by atoms with Gasteiger partial charge >= 0.3 is 0 Å². The highest BCUT2D eigenvalue weighted by molar-refractivity contribution is 5.41. The van der Waals surface area contributed by atoms with E-state index in [1.807, 2.05) is 0 Å². The van der Waals surface area contributed by atoms with E-state index in [2.05, 4.69) is 5.32 Å². The minimum atomic E-state index is -2.22. The summed E-state index contributed by atoms with van der Waals surface area (Å²) in [4.78, 5) is 0. The zero-order chi connectivity index (χ0) is 9.19. The first-order chi connectivity index (χ1) is 5.47. The molecule has 1 aromatic rings. The Morgan fingerprint density at radius 1 is 1.44 bits per heavy atom. The van der Waals surface area contributed by atoms with E-state index in [4.69, 9.17) is 4.11 Å². The lowest BCUT2D eigenvalue weighted by atomic mass is 10.3. The van der Waals surface area contributed by atoms with Gasteiger partial charge in [-0.3, -0.25) is 0 Å². The van der Waals surface area contributed by atoms with Crippen LogP contribution in [0, 0.1) is 5.82 Å². The number of halogens is 1. The van der Waals surface area contributed by atoms with E-state index < -0.39 is 6.98 Å². The van der Waals surface area contributed by atoms with Crippen molar-refractivity contribution in [2.75, 3.05) is 12.3 Å². The van der Waals surface area contributed by atoms with Crippen molar-refractivity contribution < 1.29 is 8.50 Å². The highest BCUT2D eigenvalue weighted by Crippen LogP contribution is 2.05. The van der Waals surface area contributed by atoms with Gasteiger partial charge in [0.05, 0.1) is 0 Å². The highest BCUT2D eigenvalue weighted by Gasteiger charge is 1.86. The molecule has 0 atom stereocenters. The number of rotatable bonds is 1. The van der Waals surface area contributed by atoms with Crippen molar-refractivity contribution in [3.63, 3.8) is 0 Å². The highest BCUT2D eigenvalue weighted by atomic mass is 19.1. The average Bonchev–Trinajstić information content (AvgIpc) is 1.91. The van der Waals surface area contributed by atoms with Crippen LogP contribution in [-0.4, -0.2) is 6.98 Å². The molecule has 0 radical (unpaired) electrons. The minimum Gasteiger partial charge on any atom is -0.388 e. The molecule has 1 rings (SSSR count). The standard InChI is InChI=1S/C7H8FN/c1-9-7-4-2-6(8)3-5-7/h2-5,9H,1H3/i1D3. The van der Waals surface area contributed by atoms with E-state index in [-0.39, 0.29) is 5.82 Å². The summed E-state index contributed by atoms with van der Waals surface area (Å²) in [5.41, 5.74) is 0.386. The van der Waals surface area contributed by atoms with Crippen molar-refractivity contribution in [3.05, 3.63) is 30.1 Å². The fraction of sp³-hybridized carbons (Fsp3) is 0.143. The Hall–Kier alpha value is -1.05. The van der Waals surface area contributed by atoms with E-state index in [1.54, 1.807) is 0 Å². The third-order valence-corrected chi connectivity index (χ3v) is 0.989. The molecule has 2 heteroatoms. The monoisotopic (exact) mass is 128 g/mol. The predicted molar refractivity (Wildman–Crippen MR) is 35.9 cm³/mol. The second-order valence-corrected chi connectivity index (χ2v) is 1.63. The van der Waals surface area contributed by atoms with E-state index in [0.717, 1.165) is 0 Å². The molecule has 48 valence electrons. The van der Waals surface area contributed by atoms with Crippen LogP contribution in [-0.2, 0) is 0 Å². The van der Waals surface area contributed by atoms with Crippen molar-refractivity contribution in [2.45, 2.75) is 0 Å². The summed E-state index contributed by atoms with van der Waals surface area (Å²) in [5.74, 6) is -0.383. The Labute approximate surface area is 57.7 Å². The van der Waals surface area contributed by atoms with Crippen LogP contribution in [0.1, 0.15) is 4.11 Å². The third-order valence-electron chi connectivity index (χ3n) is 0.989. The molecule has 0 amide bonds. The van der Waals surface area contributed by atoms with Gasteiger partial charge in [-0.15, -0.1) is 0 Å². The minimum absolute atomic E-state index is 0.383. The van der Waals surface area contributed by atoms with Crippen LogP contribution >= 0.6 is 0 Å². The molecule has 9 heavy (non-hydrogen) atoms. The fourth-order valence-corrected chi connectivity index (χ4v) is 0.533. The summed E-state index contributed by atoms with van der Waals surface area (Å²) in [5, 5.41) is 2.24. The maximum absolute atomic E-state index is 12.4. The van der Waals surface area contributed by atoms with Crippen molar-refractivity contribution >= 4 is 5.69 Å². The van der Waals surface area contributed by atoms with Gasteiger partial charge in [0.2, 0.25) is 0 Å². The average molecular weight is 128 g/mol. The summed E-state index contributed by atoms with van der Waals surface area (Å²) >= 11 is 0. The van der Waals surface area contributed by atoms with Crippen LogP contribution in [0.5, 0.6) is 0 Å². The van der Waals surface area contributed by atoms with E-state index in [0.29, 0.717) is 5.69 Å². The Morgan fingerprint density at radius 2 is 2.11 bits per heavy atom. The molecule has 0 aromatic heterocycles. The van der Waals surface area contributed by atoms with Gasteiger partial charge in [0.25, 0.3) is 0 Å². The maximum Gasteiger partial charge on any atom is 0.123 e. The molecule has 1 nitrogen and oxygen atoms in total. The molecular formula is C7H8FN. The van der Waals surface area contributed by atoms with E-state index >= 15 is 0 Å². The molecule has 0 saturated heterocycles. The maximum atomic E-state index is 12.4. The van der Waals surface area contributed by atoms with Gasteiger partial charge in [0.15, 0.2) is 0 Å². The van der Waals surface area contributed by atoms with Crippen LogP contribution in [0.25, 0.3) is 0 Å². The van der Waals surface area contributed by atoms with Crippen molar-refractivity contribution in [1.82, 2.24) is 0 Å². The predicted octanol–water partition coefficient (Wildman–Crippen LogP) is 1.87. The van der Waals surface area contributed by atoms with Crippen LogP contribution in [0.3, 0.4) is 0 Å². The van der Waals surface area contributed by atoms with Crippen LogP contribution in [0.2, 0.25) is 0 Å². The number of hydrogen-bond acceptors (Lipinski definition) is 1. The number of hydrogen-bond donors (Lipinski definition) is 1. The lowest BCUT2D eigenvalue weighted by Crippen LogP contribution is -1.86. The first-order valence-corrected chi connectivity index (χ1v) is 2.51. The van der Waals surface area contributed by atoms with Gasteiger partial charge in [-0.25, -0.2) is 4.39 Å². The van der Waals surface area contributed by atoms with Crippen LogP contribution in [0.4, 0.5) is 10.1 Å². The SMILES string of the molecule is [2H]C([2H])([2H])Nc1ccc(F)cc1. The molecule has 0 aliphatic rings. The second-order valence-electron chi connectivity index (χ2n) is 1.63. The van der Waals surface area contributed by atoms with Gasteiger partial charge < -0.3 is 5.32 Å². The lowest BCUT2D eigenvalue weighted by molar-refractivity contribution is 0.628. The normalized spacial score (nSPS) is 15.4. The summed E-state index contributed by atoms with van der Waals surface area (Å²) < 4.78 is 32.9. The molecule has 1 aromatic carbocycles. The largest absolute Gasteiger partial charge is 0.388 e. The third kappa shape index (κ3) is 1.42. The fourth-order valence-electron chi connectivity index (χ4n) is 0.533. The summed E-state index contributed by atoms with van der Waals surface area (Å²) in [6.45, 7) is -2.22. The van der Waals surface area contributed by atoms with Crippen LogP contribution in [0.15, 0.2) is 24.3 Å². The molecule has 1 N–H and O–H groups in total. The molecule has 0 heterocycles. The molecule has 0 bridgehead atoms. The number of benzene rings is 1. The molecular weight excluding hydrogens is 117 g/mol. The summed E-state index contributed by atoms with van der Waals surface area (Å²) in [7, 11) is 0. The topological polar surface area (TPSA) is 12.0 Å². The Bertz CT molecular complexity index is 254. The smallest absolute Gasteiger partial charge is 0.123 e. The number of nitrogens with one attached hydrogen (secondary N) is 1. The van der Waals surface area contributed by atoms with Gasteiger partial charge in [0, 0.05) is 16.8 Å². The molecule has 0 aliphatic carbocycles.